The molecular weight excluding hydrogens is 288 g/mol. The number of aliphatic hydroxyl groups is 1. The van der Waals surface area contributed by atoms with Crippen LogP contribution in [0.2, 0.25) is 0 Å². The lowest BCUT2D eigenvalue weighted by Gasteiger charge is -2.30. The third-order valence-electron chi connectivity index (χ3n) is 4.17. The first-order valence-electron chi connectivity index (χ1n) is 7.43. The molecule has 1 aromatic carbocycles. The summed E-state index contributed by atoms with van der Waals surface area (Å²) < 4.78 is 27.0. The van der Waals surface area contributed by atoms with Crippen LogP contribution in [0.1, 0.15) is 31.2 Å². The molecular formula is C15H24N2O3S. The predicted molar refractivity (Wildman–Crippen MR) is 84.0 cm³/mol. The van der Waals surface area contributed by atoms with E-state index in [4.69, 9.17) is 5.73 Å². The number of hydrogen-bond acceptors (Lipinski definition) is 4. The molecule has 2 rings (SSSR count). The number of nitrogen functional groups attached to an aromatic ring is 1. The molecule has 1 aliphatic rings. The van der Waals surface area contributed by atoms with E-state index in [9.17, 15) is 13.5 Å². The Labute approximate surface area is 126 Å². The van der Waals surface area contributed by atoms with E-state index in [2.05, 4.69) is 4.72 Å². The summed E-state index contributed by atoms with van der Waals surface area (Å²) in [7, 11) is -3.37. The first kappa shape index (κ1) is 16.3. The Morgan fingerprint density at radius 1 is 1.24 bits per heavy atom. The highest BCUT2D eigenvalue weighted by atomic mass is 32.2. The van der Waals surface area contributed by atoms with E-state index in [-0.39, 0.29) is 24.2 Å². The molecule has 0 bridgehead atoms. The zero-order valence-corrected chi connectivity index (χ0v) is 13.0. The molecule has 5 nitrogen and oxygen atoms in total. The summed E-state index contributed by atoms with van der Waals surface area (Å²) in [6.45, 7) is 0.553. The average molecular weight is 312 g/mol. The van der Waals surface area contributed by atoms with E-state index < -0.39 is 10.0 Å². The van der Waals surface area contributed by atoms with Gasteiger partial charge in [0.2, 0.25) is 10.0 Å². The molecule has 2 unspecified atom stereocenters. The fourth-order valence-corrected chi connectivity index (χ4v) is 4.17. The first-order valence-corrected chi connectivity index (χ1v) is 9.08. The van der Waals surface area contributed by atoms with Crippen LogP contribution in [0.3, 0.4) is 0 Å². The van der Waals surface area contributed by atoms with E-state index >= 15 is 0 Å². The molecule has 2 atom stereocenters. The molecule has 1 saturated carbocycles. The summed E-state index contributed by atoms with van der Waals surface area (Å²) in [5, 5.41) is 9.37. The molecule has 0 aromatic heterocycles. The van der Waals surface area contributed by atoms with Crippen molar-refractivity contribution in [2.75, 3.05) is 18.9 Å². The molecule has 0 saturated heterocycles. The van der Waals surface area contributed by atoms with Crippen molar-refractivity contribution >= 4 is 15.7 Å². The van der Waals surface area contributed by atoms with Gasteiger partial charge in [0.05, 0.1) is 5.75 Å². The van der Waals surface area contributed by atoms with Crippen LogP contribution in [-0.2, 0) is 15.8 Å². The smallest absolute Gasteiger partial charge is 0.215 e. The van der Waals surface area contributed by atoms with E-state index in [1.807, 2.05) is 0 Å². The van der Waals surface area contributed by atoms with Crippen LogP contribution < -0.4 is 10.5 Å². The molecule has 1 aliphatic carbocycles. The summed E-state index contributed by atoms with van der Waals surface area (Å²) in [6.07, 6.45) is 4.19. The fourth-order valence-electron chi connectivity index (χ4n) is 2.98. The monoisotopic (exact) mass is 312 g/mol. The van der Waals surface area contributed by atoms with Crippen molar-refractivity contribution in [3.63, 3.8) is 0 Å². The third-order valence-corrected chi connectivity index (χ3v) is 5.49. The molecule has 21 heavy (non-hydrogen) atoms. The zero-order valence-electron chi connectivity index (χ0n) is 12.2. The second kappa shape index (κ2) is 7.24. The predicted octanol–water partition coefficient (Wildman–Crippen LogP) is 1.49. The Bertz CT molecular complexity index is 560. The molecule has 1 aromatic rings. The number of hydrogen-bond donors (Lipinski definition) is 3. The first-order chi connectivity index (χ1) is 10.00. The minimum atomic E-state index is -3.37. The number of nitrogens with one attached hydrogen (secondary N) is 1. The quantitative estimate of drug-likeness (QED) is 0.694. The van der Waals surface area contributed by atoms with Gasteiger partial charge in [-0.05, 0) is 42.4 Å². The minimum absolute atomic E-state index is 0.0610. The number of aliphatic hydroxyl groups excluding tert-OH is 1. The lowest BCUT2D eigenvalue weighted by molar-refractivity contribution is 0.136. The van der Waals surface area contributed by atoms with Crippen LogP contribution in [0.5, 0.6) is 0 Å². The number of anilines is 1. The van der Waals surface area contributed by atoms with Gasteiger partial charge >= 0.3 is 0 Å². The van der Waals surface area contributed by atoms with Gasteiger partial charge in [-0.25, -0.2) is 13.1 Å². The molecule has 1 fully saturated rings. The average Bonchev–Trinajstić information content (AvgIpc) is 2.45. The molecule has 0 spiro atoms. The number of sulfonamides is 1. The largest absolute Gasteiger partial charge is 0.399 e. The van der Waals surface area contributed by atoms with Crippen molar-refractivity contribution in [2.24, 2.45) is 11.8 Å². The molecule has 0 heterocycles. The summed E-state index contributed by atoms with van der Waals surface area (Å²) >= 11 is 0. The summed E-state index contributed by atoms with van der Waals surface area (Å²) in [5.41, 5.74) is 6.91. The van der Waals surface area contributed by atoms with Crippen molar-refractivity contribution in [3.05, 3.63) is 29.8 Å². The van der Waals surface area contributed by atoms with Crippen molar-refractivity contribution in [3.8, 4) is 0 Å². The maximum atomic E-state index is 12.1. The van der Waals surface area contributed by atoms with Crippen LogP contribution in [-0.4, -0.2) is 26.7 Å². The van der Waals surface area contributed by atoms with Gasteiger partial charge in [0.25, 0.3) is 0 Å². The second-order valence-corrected chi connectivity index (χ2v) is 7.65. The van der Waals surface area contributed by atoms with Crippen LogP contribution in [0, 0.1) is 11.8 Å². The maximum Gasteiger partial charge on any atom is 0.215 e. The van der Waals surface area contributed by atoms with Crippen LogP contribution in [0.4, 0.5) is 5.69 Å². The molecule has 6 heteroatoms. The summed E-state index contributed by atoms with van der Waals surface area (Å²) in [4.78, 5) is 0. The summed E-state index contributed by atoms with van der Waals surface area (Å²) in [5.74, 6) is 0.391. The van der Waals surface area contributed by atoms with Gasteiger partial charge in [0, 0.05) is 18.8 Å². The SMILES string of the molecule is Nc1cccc(CS(=O)(=O)NCC2CCCCC2CO)c1. The molecule has 4 N–H and O–H groups in total. The number of nitrogens with two attached hydrogens (primary N) is 1. The van der Waals surface area contributed by atoms with Crippen LogP contribution in [0.25, 0.3) is 0 Å². The molecule has 0 amide bonds. The van der Waals surface area contributed by atoms with Crippen molar-refractivity contribution in [1.82, 2.24) is 4.72 Å². The lowest BCUT2D eigenvalue weighted by Crippen LogP contribution is -2.36. The van der Waals surface area contributed by atoms with Gasteiger partial charge in [-0.3, -0.25) is 0 Å². The van der Waals surface area contributed by atoms with E-state index in [0.717, 1.165) is 25.7 Å². The molecule has 118 valence electrons. The Balaban J connectivity index is 1.91. The van der Waals surface area contributed by atoms with Gasteiger partial charge in [0.15, 0.2) is 0 Å². The highest BCUT2D eigenvalue weighted by Gasteiger charge is 2.25. The van der Waals surface area contributed by atoms with Crippen molar-refractivity contribution < 1.29 is 13.5 Å². The highest BCUT2D eigenvalue weighted by molar-refractivity contribution is 7.88. The van der Waals surface area contributed by atoms with E-state index in [0.29, 0.717) is 17.8 Å². The topological polar surface area (TPSA) is 92.4 Å². The van der Waals surface area contributed by atoms with Gasteiger partial charge in [-0.1, -0.05) is 25.0 Å². The zero-order chi connectivity index (χ0) is 15.3. The number of benzene rings is 1. The molecule has 0 radical (unpaired) electrons. The second-order valence-electron chi connectivity index (χ2n) is 5.84. The third kappa shape index (κ3) is 4.98. The Hall–Kier alpha value is -1.11. The Morgan fingerprint density at radius 2 is 1.95 bits per heavy atom. The van der Waals surface area contributed by atoms with Gasteiger partial charge in [-0.15, -0.1) is 0 Å². The fraction of sp³-hybridized carbons (Fsp3) is 0.600. The van der Waals surface area contributed by atoms with E-state index in [1.165, 1.54) is 0 Å². The lowest BCUT2D eigenvalue weighted by atomic mass is 9.80. The minimum Gasteiger partial charge on any atom is -0.399 e. The van der Waals surface area contributed by atoms with Crippen molar-refractivity contribution in [2.45, 2.75) is 31.4 Å². The Kier molecular flexibility index (Phi) is 5.61. The molecule has 0 aliphatic heterocycles. The van der Waals surface area contributed by atoms with Crippen LogP contribution >= 0.6 is 0 Å². The Morgan fingerprint density at radius 3 is 2.62 bits per heavy atom. The summed E-state index contributed by atoms with van der Waals surface area (Å²) in [6, 6.07) is 6.92. The normalized spacial score (nSPS) is 23.1. The van der Waals surface area contributed by atoms with Crippen molar-refractivity contribution in [1.29, 1.82) is 0 Å². The van der Waals surface area contributed by atoms with Crippen LogP contribution in [0.15, 0.2) is 24.3 Å². The van der Waals surface area contributed by atoms with Gasteiger partial charge in [0.1, 0.15) is 0 Å². The maximum absolute atomic E-state index is 12.1. The van der Waals surface area contributed by atoms with Gasteiger partial charge < -0.3 is 10.8 Å². The standard InChI is InChI=1S/C15H24N2O3S/c16-15-7-3-4-12(8-15)11-21(19,20)17-9-13-5-1-2-6-14(13)10-18/h3-4,7-8,13-14,17-18H,1-2,5-6,9-11,16H2. The number of rotatable bonds is 6. The highest BCUT2D eigenvalue weighted by Crippen LogP contribution is 2.29. The van der Waals surface area contributed by atoms with E-state index in [1.54, 1.807) is 24.3 Å². The van der Waals surface area contributed by atoms with Gasteiger partial charge in [-0.2, -0.15) is 0 Å².